The van der Waals surface area contributed by atoms with Crippen molar-refractivity contribution in [3.8, 4) is 0 Å². The molecule has 1 nitrogen and oxygen atoms in total. The Kier molecular flexibility index (Phi) is 2.69. The lowest BCUT2D eigenvalue weighted by Crippen LogP contribution is -1.92. The van der Waals surface area contributed by atoms with Gasteiger partial charge in [-0.2, -0.15) is 0 Å². The van der Waals surface area contributed by atoms with Gasteiger partial charge in [0.2, 0.25) is 0 Å². The standard InChI is InChI=1S/C16H11ClO/c17-14-7-8-15-13(9-14)6-5-11-3-1-2-4-12(11)10-16(15)18/h1-10,18H/b6-5-,11-5?,12-10?,13-6?,16-10?,16-15?. The smallest absolute Gasteiger partial charge is 0.124 e. The summed E-state index contributed by atoms with van der Waals surface area (Å²) in [4.78, 5) is 0. The quantitative estimate of drug-likeness (QED) is 0.710. The third kappa shape index (κ3) is 1.93. The summed E-state index contributed by atoms with van der Waals surface area (Å²) in [6.07, 6.45) is 5.79. The average molecular weight is 255 g/mol. The molecule has 1 aliphatic rings. The summed E-state index contributed by atoms with van der Waals surface area (Å²) >= 11 is 5.98. The zero-order valence-electron chi connectivity index (χ0n) is 9.60. The van der Waals surface area contributed by atoms with Crippen molar-refractivity contribution in [2.24, 2.45) is 0 Å². The van der Waals surface area contributed by atoms with Gasteiger partial charge in [-0.3, -0.25) is 0 Å². The Labute approximate surface area is 111 Å². The first-order chi connectivity index (χ1) is 8.74. The molecule has 0 saturated carbocycles. The van der Waals surface area contributed by atoms with Gasteiger partial charge < -0.3 is 5.11 Å². The maximum atomic E-state index is 10.2. The molecular weight excluding hydrogens is 244 g/mol. The molecular formula is C16H11ClO. The second-order valence-electron chi connectivity index (χ2n) is 4.22. The van der Waals surface area contributed by atoms with Crippen LogP contribution in [-0.2, 0) is 0 Å². The van der Waals surface area contributed by atoms with Crippen molar-refractivity contribution in [1.82, 2.24) is 0 Å². The zero-order valence-corrected chi connectivity index (χ0v) is 10.4. The maximum Gasteiger partial charge on any atom is 0.124 e. The van der Waals surface area contributed by atoms with Gasteiger partial charge in [-0.05, 0) is 41.0 Å². The van der Waals surface area contributed by atoms with E-state index in [1.165, 1.54) is 0 Å². The van der Waals surface area contributed by atoms with Crippen molar-refractivity contribution in [2.75, 3.05) is 0 Å². The molecule has 0 amide bonds. The predicted molar refractivity (Wildman–Crippen MR) is 77.3 cm³/mol. The number of aliphatic hydroxyl groups is 1. The number of hydrogen-bond donors (Lipinski definition) is 1. The number of halogens is 1. The summed E-state index contributed by atoms with van der Waals surface area (Å²) in [6, 6.07) is 13.4. The van der Waals surface area contributed by atoms with Crippen LogP contribution in [0.15, 0.2) is 42.5 Å². The van der Waals surface area contributed by atoms with Gasteiger partial charge in [-0.25, -0.2) is 0 Å². The summed E-state index contributed by atoms with van der Waals surface area (Å²) in [5.74, 6) is 0.262. The van der Waals surface area contributed by atoms with Crippen LogP contribution in [0.1, 0.15) is 22.3 Å². The molecule has 0 aliphatic heterocycles. The van der Waals surface area contributed by atoms with E-state index in [2.05, 4.69) is 0 Å². The van der Waals surface area contributed by atoms with Gasteiger partial charge in [0.05, 0.1) is 0 Å². The largest absolute Gasteiger partial charge is 0.507 e. The topological polar surface area (TPSA) is 20.2 Å². The minimum Gasteiger partial charge on any atom is -0.507 e. The molecule has 0 aromatic heterocycles. The molecule has 0 saturated heterocycles. The van der Waals surface area contributed by atoms with Gasteiger partial charge in [0.15, 0.2) is 0 Å². The highest BCUT2D eigenvalue weighted by Crippen LogP contribution is 2.28. The Morgan fingerprint density at radius 1 is 0.833 bits per heavy atom. The van der Waals surface area contributed by atoms with Gasteiger partial charge in [0.1, 0.15) is 5.76 Å². The Bertz CT molecular complexity index is 669. The fraction of sp³-hybridized carbons (Fsp3) is 0. The van der Waals surface area contributed by atoms with Gasteiger partial charge in [0, 0.05) is 10.6 Å². The highest BCUT2D eigenvalue weighted by molar-refractivity contribution is 6.30. The monoisotopic (exact) mass is 254 g/mol. The van der Waals surface area contributed by atoms with Gasteiger partial charge in [-0.15, -0.1) is 0 Å². The van der Waals surface area contributed by atoms with Crippen LogP contribution in [0.3, 0.4) is 0 Å². The van der Waals surface area contributed by atoms with Crippen LogP contribution in [0.25, 0.3) is 24.0 Å². The molecule has 0 heterocycles. The van der Waals surface area contributed by atoms with Crippen LogP contribution in [0.2, 0.25) is 5.02 Å². The normalized spacial score (nSPS) is 14.8. The summed E-state index contributed by atoms with van der Waals surface area (Å²) in [5, 5.41) is 10.9. The fourth-order valence-electron chi connectivity index (χ4n) is 2.10. The van der Waals surface area contributed by atoms with E-state index in [-0.39, 0.29) is 5.76 Å². The molecule has 0 spiro atoms. The minimum atomic E-state index is 0.262. The van der Waals surface area contributed by atoms with E-state index in [0.717, 1.165) is 22.3 Å². The average Bonchev–Trinajstić information content (AvgIpc) is 2.36. The summed E-state index contributed by atoms with van der Waals surface area (Å²) in [6.45, 7) is 0. The predicted octanol–water partition coefficient (Wildman–Crippen LogP) is 4.88. The first-order valence-electron chi connectivity index (χ1n) is 5.72. The van der Waals surface area contributed by atoms with Crippen LogP contribution in [-0.4, -0.2) is 5.11 Å². The Morgan fingerprint density at radius 2 is 1.56 bits per heavy atom. The molecule has 0 atom stereocenters. The molecule has 2 aromatic carbocycles. The Balaban J connectivity index is 2.24. The molecule has 2 aromatic rings. The van der Waals surface area contributed by atoms with Crippen molar-refractivity contribution < 1.29 is 5.11 Å². The molecule has 88 valence electrons. The van der Waals surface area contributed by atoms with E-state index >= 15 is 0 Å². The number of hydrogen-bond acceptors (Lipinski definition) is 1. The summed E-state index contributed by atoms with van der Waals surface area (Å²) < 4.78 is 0. The van der Waals surface area contributed by atoms with Crippen LogP contribution in [0.4, 0.5) is 0 Å². The lowest BCUT2D eigenvalue weighted by atomic mass is 9.97. The van der Waals surface area contributed by atoms with E-state index in [4.69, 9.17) is 11.6 Å². The Morgan fingerprint density at radius 3 is 2.39 bits per heavy atom. The van der Waals surface area contributed by atoms with Crippen LogP contribution < -0.4 is 0 Å². The van der Waals surface area contributed by atoms with Crippen molar-refractivity contribution in [3.63, 3.8) is 0 Å². The lowest BCUT2D eigenvalue weighted by molar-refractivity contribution is 0.515. The molecule has 1 aliphatic carbocycles. The second kappa shape index (κ2) is 4.35. The van der Waals surface area contributed by atoms with Gasteiger partial charge in [0.25, 0.3) is 0 Å². The molecule has 0 unspecified atom stereocenters. The molecule has 1 N–H and O–H groups in total. The minimum absolute atomic E-state index is 0.262. The van der Waals surface area contributed by atoms with Crippen molar-refractivity contribution >= 4 is 35.6 Å². The van der Waals surface area contributed by atoms with E-state index in [1.807, 2.05) is 48.6 Å². The Hall–Kier alpha value is -1.99. The number of aliphatic hydroxyl groups excluding tert-OH is 1. The van der Waals surface area contributed by atoms with Gasteiger partial charge in [-0.1, -0.05) is 48.0 Å². The molecule has 0 radical (unpaired) electrons. The number of benzene rings is 2. The maximum absolute atomic E-state index is 10.2. The van der Waals surface area contributed by atoms with Crippen LogP contribution >= 0.6 is 11.6 Å². The van der Waals surface area contributed by atoms with E-state index in [9.17, 15) is 5.11 Å². The molecule has 3 rings (SSSR count). The summed E-state index contributed by atoms with van der Waals surface area (Å²) in [5.41, 5.74) is 3.80. The zero-order chi connectivity index (χ0) is 12.5. The third-order valence-electron chi connectivity index (χ3n) is 3.02. The fourth-order valence-corrected chi connectivity index (χ4v) is 2.28. The van der Waals surface area contributed by atoms with E-state index in [1.54, 1.807) is 12.1 Å². The van der Waals surface area contributed by atoms with Crippen LogP contribution in [0, 0.1) is 0 Å². The SMILES string of the molecule is OC1=Cc2ccccc2/C=C\c2cc(Cl)ccc21. The first-order valence-corrected chi connectivity index (χ1v) is 6.09. The van der Waals surface area contributed by atoms with E-state index < -0.39 is 0 Å². The molecule has 0 fully saturated rings. The molecule has 2 heteroatoms. The van der Waals surface area contributed by atoms with Crippen molar-refractivity contribution in [2.45, 2.75) is 0 Å². The summed E-state index contributed by atoms with van der Waals surface area (Å²) in [7, 11) is 0. The molecule has 0 bridgehead atoms. The lowest BCUT2D eigenvalue weighted by Gasteiger charge is -2.10. The van der Waals surface area contributed by atoms with Crippen LogP contribution in [0.5, 0.6) is 0 Å². The highest BCUT2D eigenvalue weighted by Gasteiger charge is 2.09. The van der Waals surface area contributed by atoms with Crippen molar-refractivity contribution in [3.05, 3.63) is 69.7 Å². The second-order valence-corrected chi connectivity index (χ2v) is 4.66. The van der Waals surface area contributed by atoms with Gasteiger partial charge >= 0.3 is 0 Å². The number of fused-ring (bicyclic) bond motifs is 2. The van der Waals surface area contributed by atoms with E-state index in [0.29, 0.717) is 5.02 Å². The molecule has 18 heavy (non-hydrogen) atoms. The highest BCUT2D eigenvalue weighted by atomic mass is 35.5. The van der Waals surface area contributed by atoms with Crippen molar-refractivity contribution in [1.29, 1.82) is 0 Å². The first kappa shape index (κ1) is 11.1. The number of rotatable bonds is 0. The third-order valence-corrected chi connectivity index (χ3v) is 3.26.